The van der Waals surface area contributed by atoms with Gasteiger partial charge in [-0.25, -0.2) is 0 Å². The quantitative estimate of drug-likeness (QED) is 0.904. The molecular weight excluding hydrogens is 252 g/mol. The molecule has 1 aliphatic rings. The zero-order valence-electron chi connectivity index (χ0n) is 10.4. The van der Waals surface area contributed by atoms with Gasteiger partial charge in [-0.2, -0.15) is 0 Å². The predicted octanol–water partition coefficient (Wildman–Crippen LogP) is 3.37. The van der Waals surface area contributed by atoms with Crippen LogP contribution in [0.1, 0.15) is 31.7 Å². The third-order valence-corrected chi connectivity index (χ3v) is 4.79. The van der Waals surface area contributed by atoms with Crippen LogP contribution in [0.3, 0.4) is 0 Å². The summed E-state index contributed by atoms with van der Waals surface area (Å²) in [5, 5.41) is 5.56. The van der Waals surface area contributed by atoms with Gasteiger partial charge in [0.05, 0.1) is 4.34 Å². The second-order valence-corrected chi connectivity index (χ2v) is 6.14. The van der Waals surface area contributed by atoms with Gasteiger partial charge in [0.2, 0.25) is 0 Å². The molecule has 1 N–H and O–H groups in total. The first-order valence-corrected chi connectivity index (χ1v) is 7.73. The summed E-state index contributed by atoms with van der Waals surface area (Å²) in [5.74, 6) is 0. The third kappa shape index (κ3) is 3.68. The van der Waals surface area contributed by atoms with Gasteiger partial charge in [-0.3, -0.25) is 4.90 Å². The molecule has 96 valence electrons. The van der Waals surface area contributed by atoms with E-state index in [1.165, 1.54) is 31.4 Å². The molecule has 0 saturated carbocycles. The molecule has 17 heavy (non-hydrogen) atoms. The molecule has 0 amide bonds. The van der Waals surface area contributed by atoms with Crippen LogP contribution in [0.2, 0.25) is 4.34 Å². The summed E-state index contributed by atoms with van der Waals surface area (Å²) in [6.07, 6.45) is 3.86. The minimum absolute atomic E-state index is 0.714. The van der Waals surface area contributed by atoms with Crippen LogP contribution in [0.5, 0.6) is 0 Å². The second-order valence-electron chi connectivity index (χ2n) is 4.62. The lowest BCUT2D eigenvalue weighted by molar-refractivity contribution is 0.183. The molecule has 1 aliphatic heterocycles. The number of nitrogens with one attached hydrogen (secondary N) is 1. The Hall–Kier alpha value is -0.0900. The number of hydrogen-bond acceptors (Lipinski definition) is 3. The maximum Gasteiger partial charge on any atom is 0.0973 e. The molecule has 2 heterocycles. The Morgan fingerprint density at radius 3 is 3.06 bits per heavy atom. The lowest BCUT2D eigenvalue weighted by atomic mass is 10.1. The first-order valence-electron chi connectivity index (χ1n) is 6.48. The monoisotopic (exact) mass is 272 g/mol. The highest BCUT2D eigenvalue weighted by Gasteiger charge is 2.19. The summed E-state index contributed by atoms with van der Waals surface area (Å²) >= 11 is 7.83. The second kappa shape index (κ2) is 6.74. The summed E-state index contributed by atoms with van der Waals surface area (Å²) in [6.45, 7) is 6.69. The molecule has 1 aromatic rings. The Kier molecular flexibility index (Phi) is 5.29. The molecule has 1 atom stereocenters. The molecule has 1 aromatic heterocycles. The van der Waals surface area contributed by atoms with Crippen molar-refractivity contribution >= 4 is 22.9 Å². The van der Waals surface area contributed by atoms with Crippen LogP contribution in [0.4, 0.5) is 0 Å². The maximum atomic E-state index is 6.19. The van der Waals surface area contributed by atoms with Crippen molar-refractivity contribution in [2.75, 3.05) is 19.6 Å². The van der Waals surface area contributed by atoms with Crippen LogP contribution in [0.25, 0.3) is 0 Å². The summed E-state index contributed by atoms with van der Waals surface area (Å²) in [7, 11) is 0. The van der Waals surface area contributed by atoms with E-state index >= 15 is 0 Å². The number of hydrogen-bond donors (Lipinski definition) is 1. The zero-order valence-corrected chi connectivity index (χ0v) is 12.0. The van der Waals surface area contributed by atoms with Crippen molar-refractivity contribution in [1.82, 2.24) is 10.2 Å². The van der Waals surface area contributed by atoms with Crippen LogP contribution in [0.15, 0.2) is 11.4 Å². The van der Waals surface area contributed by atoms with E-state index in [4.69, 9.17) is 11.6 Å². The van der Waals surface area contributed by atoms with Gasteiger partial charge in [-0.05, 0) is 55.9 Å². The normalized spacial score (nSPS) is 21.7. The van der Waals surface area contributed by atoms with Gasteiger partial charge in [-0.1, -0.05) is 18.5 Å². The largest absolute Gasteiger partial charge is 0.317 e. The maximum absolute atomic E-state index is 6.19. The van der Waals surface area contributed by atoms with E-state index in [1.807, 2.05) is 0 Å². The number of thiophene rings is 1. The van der Waals surface area contributed by atoms with Gasteiger partial charge in [0.1, 0.15) is 0 Å². The standard InChI is InChI=1S/C13H21ClN2S/c1-2-16(10-11-6-9-17-13(11)14)12-4-3-7-15-8-5-12/h6,9,12,15H,2-5,7-8,10H2,1H3. The van der Waals surface area contributed by atoms with E-state index in [0.717, 1.165) is 24.0 Å². The van der Waals surface area contributed by atoms with E-state index in [-0.39, 0.29) is 0 Å². The van der Waals surface area contributed by atoms with Crippen LogP contribution in [0, 0.1) is 0 Å². The van der Waals surface area contributed by atoms with Gasteiger partial charge < -0.3 is 5.32 Å². The SMILES string of the molecule is CCN(Cc1ccsc1Cl)C1CCCNCC1. The van der Waals surface area contributed by atoms with Crippen LogP contribution >= 0.6 is 22.9 Å². The first-order chi connectivity index (χ1) is 8.31. The topological polar surface area (TPSA) is 15.3 Å². The molecule has 2 rings (SSSR count). The molecule has 0 bridgehead atoms. The minimum atomic E-state index is 0.714. The Morgan fingerprint density at radius 1 is 1.47 bits per heavy atom. The molecule has 0 aliphatic carbocycles. The molecule has 0 spiro atoms. The van der Waals surface area contributed by atoms with Crippen molar-refractivity contribution in [2.24, 2.45) is 0 Å². The number of nitrogens with zero attached hydrogens (tertiary/aromatic N) is 1. The molecule has 1 unspecified atom stereocenters. The molecule has 0 aromatic carbocycles. The minimum Gasteiger partial charge on any atom is -0.317 e. The molecule has 0 radical (unpaired) electrons. The zero-order chi connectivity index (χ0) is 12.1. The van der Waals surface area contributed by atoms with E-state index in [9.17, 15) is 0 Å². The number of rotatable bonds is 4. The fraction of sp³-hybridized carbons (Fsp3) is 0.692. The average Bonchev–Trinajstić information content (AvgIpc) is 2.58. The fourth-order valence-electron chi connectivity index (χ4n) is 2.52. The van der Waals surface area contributed by atoms with Gasteiger partial charge >= 0.3 is 0 Å². The van der Waals surface area contributed by atoms with Crippen molar-refractivity contribution < 1.29 is 0 Å². The predicted molar refractivity (Wildman–Crippen MR) is 75.9 cm³/mol. The summed E-state index contributed by atoms with van der Waals surface area (Å²) in [4.78, 5) is 2.57. The highest BCUT2D eigenvalue weighted by atomic mass is 35.5. The Balaban J connectivity index is 1.97. The van der Waals surface area contributed by atoms with Crippen LogP contribution < -0.4 is 5.32 Å². The first kappa shape index (κ1) is 13.3. The summed E-state index contributed by atoms with van der Waals surface area (Å²) in [5.41, 5.74) is 1.29. The van der Waals surface area contributed by atoms with Gasteiger partial charge in [0, 0.05) is 12.6 Å². The van der Waals surface area contributed by atoms with Gasteiger partial charge in [0.15, 0.2) is 0 Å². The molecular formula is C13H21ClN2S. The highest BCUT2D eigenvalue weighted by Crippen LogP contribution is 2.25. The van der Waals surface area contributed by atoms with Crippen molar-refractivity contribution in [3.05, 3.63) is 21.3 Å². The Morgan fingerprint density at radius 2 is 2.35 bits per heavy atom. The summed E-state index contributed by atoms with van der Waals surface area (Å²) in [6, 6.07) is 2.87. The number of halogens is 1. The molecule has 1 saturated heterocycles. The smallest absolute Gasteiger partial charge is 0.0973 e. The molecule has 4 heteroatoms. The van der Waals surface area contributed by atoms with Crippen LogP contribution in [-0.2, 0) is 6.54 Å². The highest BCUT2D eigenvalue weighted by molar-refractivity contribution is 7.14. The Labute approximate surface area is 113 Å². The van der Waals surface area contributed by atoms with E-state index in [0.29, 0.717) is 6.04 Å². The average molecular weight is 273 g/mol. The van der Waals surface area contributed by atoms with Crippen LogP contribution in [-0.4, -0.2) is 30.6 Å². The summed E-state index contributed by atoms with van der Waals surface area (Å²) < 4.78 is 0.954. The third-order valence-electron chi connectivity index (χ3n) is 3.53. The Bertz CT molecular complexity index is 332. The van der Waals surface area contributed by atoms with Gasteiger partial charge in [-0.15, -0.1) is 11.3 Å². The lowest BCUT2D eigenvalue weighted by Crippen LogP contribution is -2.35. The fourth-order valence-corrected chi connectivity index (χ4v) is 3.43. The van der Waals surface area contributed by atoms with E-state index < -0.39 is 0 Å². The van der Waals surface area contributed by atoms with E-state index in [2.05, 4.69) is 28.6 Å². The van der Waals surface area contributed by atoms with Crippen molar-refractivity contribution in [3.8, 4) is 0 Å². The van der Waals surface area contributed by atoms with Crippen molar-refractivity contribution in [2.45, 2.75) is 38.8 Å². The lowest BCUT2D eigenvalue weighted by Gasteiger charge is -2.29. The molecule has 2 nitrogen and oxygen atoms in total. The van der Waals surface area contributed by atoms with Crippen molar-refractivity contribution in [1.29, 1.82) is 0 Å². The van der Waals surface area contributed by atoms with Crippen molar-refractivity contribution in [3.63, 3.8) is 0 Å². The van der Waals surface area contributed by atoms with E-state index in [1.54, 1.807) is 11.3 Å². The molecule has 1 fully saturated rings. The van der Waals surface area contributed by atoms with Gasteiger partial charge in [0.25, 0.3) is 0 Å².